The highest BCUT2D eigenvalue weighted by molar-refractivity contribution is 5.31. The van der Waals surface area contributed by atoms with Crippen molar-refractivity contribution >= 4 is 0 Å². The van der Waals surface area contributed by atoms with Crippen molar-refractivity contribution in [2.45, 2.75) is 19.3 Å². The van der Waals surface area contributed by atoms with Crippen LogP contribution in [0, 0.1) is 0 Å². The smallest absolute Gasteiger partial charge is 0.0270 e. The van der Waals surface area contributed by atoms with Crippen molar-refractivity contribution in [2.24, 2.45) is 0 Å². The molecule has 0 spiro atoms. The van der Waals surface area contributed by atoms with E-state index in [2.05, 4.69) is 48.3 Å². The van der Waals surface area contributed by atoms with Crippen LogP contribution in [0.1, 0.15) is 30.4 Å². The molecular formula is C13H14N-. The van der Waals surface area contributed by atoms with Crippen LogP contribution in [0.15, 0.2) is 48.8 Å². The fourth-order valence-electron chi connectivity index (χ4n) is 1.88. The third kappa shape index (κ3) is 1.72. The van der Waals surface area contributed by atoms with Crippen LogP contribution in [0.25, 0.3) is 0 Å². The van der Waals surface area contributed by atoms with E-state index in [4.69, 9.17) is 0 Å². The minimum Gasteiger partial charge on any atom is -0.265 e. The van der Waals surface area contributed by atoms with E-state index < -0.39 is 0 Å². The first-order valence-electron chi connectivity index (χ1n) is 5.03. The van der Waals surface area contributed by atoms with Gasteiger partial charge in [-0.15, -0.1) is 0 Å². The van der Waals surface area contributed by atoms with Crippen molar-refractivity contribution in [2.75, 3.05) is 0 Å². The van der Waals surface area contributed by atoms with Gasteiger partial charge in [0.05, 0.1) is 0 Å². The number of pyridine rings is 1. The molecule has 0 radical (unpaired) electrons. The summed E-state index contributed by atoms with van der Waals surface area (Å²) in [4.78, 5) is 4.04. The molecule has 0 aliphatic heterocycles. The van der Waals surface area contributed by atoms with E-state index in [0.29, 0.717) is 5.92 Å². The largest absolute Gasteiger partial charge is 0.265 e. The number of rotatable bonds is 3. The van der Waals surface area contributed by atoms with Gasteiger partial charge in [0.25, 0.3) is 0 Å². The van der Waals surface area contributed by atoms with Crippen LogP contribution in [0.2, 0.25) is 0 Å². The zero-order chi connectivity index (χ0) is 9.80. The van der Waals surface area contributed by atoms with Crippen molar-refractivity contribution in [3.05, 3.63) is 59.9 Å². The van der Waals surface area contributed by atoms with E-state index in [1.165, 1.54) is 11.1 Å². The highest BCUT2D eigenvalue weighted by Crippen LogP contribution is 2.27. The lowest BCUT2D eigenvalue weighted by Gasteiger charge is -2.17. The molecule has 1 aromatic carbocycles. The Labute approximate surface area is 84.8 Å². The molecule has 0 aliphatic rings. The molecule has 1 heterocycles. The van der Waals surface area contributed by atoms with Gasteiger partial charge in [-0.25, -0.2) is 12.1 Å². The van der Waals surface area contributed by atoms with Crippen LogP contribution >= 0.6 is 0 Å². The van der Waals surface area contributed by atoms with E-state index in [0.717, 1.165) is 6.42 Å². The summed E-state index contributed by atoms with van der Waals surface area (Å²) in [5.41, 5.74) is 2.76. The maximum absolute atomic E-state index is 4.04. The van der Waals surface area contributed by atoms with Gasteiger partial charge in [-0.1, -0.05) is 6.92 Å². The highest BCUT2D eigenvalue weighted by atomic mass is 14.6. The zero-order valence-corrected chi connectivity index (χ0v) is 8.35. The Morgan fingerprint density at radius 2 is 2.07 bits per heavy atom. The van der Waals surface area contributed by atoms with E-state index in [9.17, 15) is 0 Å². The summed E-state index contributed by atoms with van der Waals surface area (Å²) in [6.45, 7) is 2.22. The van der Waals surface area contributed by atoms with E-state index in [1.807, 2.05) is 12.4 Å². The second-order valence-corrected chi connectivity index (χ2v) is 3.46. The second-order valence-electron chi connectivity index (χ2n) is 3.46. The summed E-state index contributed by atoms with van der Waals surface area (Å²) >= 11 is 0. The molecule has 2 aromatic rings. The third-order valence-corrected chi connectivity index (χ3v) is 2.61. The van der Waals surface area contributed by atoms with Gasteiger partial charge in [0.2, 0.25) is 0 Å². The fraction of sp³-hybridized carbons (Fsp3) is 0.231. The third-order valence-electron chi connectivity index (χ3n) is 2.61. The average Bonchev–Trinajstić information content (AvgIpc) is 2.74. The molecule has 0 saturated heterocycles. The van der Waals surface area contributed by atoms with Crippen LogP contribution in [0.4, 0.5) is 0 Å². The van der Waals surface area contributed by atoms with E-state index in [-0.39, 0.29) is 0 Å². The van der Waals surface area contributed by atoms with Crippen LogP contribution in [-0.2, 0) is 0 Å². The van der Waals surface area contributed by atoms with Crippen molar-refractivity contribution < 1.29 is 0 Å². The van der Waals surface area contributed by atoms with Gasteiger partial charge in [-0.05, 0) is 30.0 Å². The van der Waals surface area contributed by atoms with Crippen molar-refractivity contribution in [3.8, 4) is 0 Å². The maximum Gasteiger partial charge on any atom is 0.0270 e. The summed E-state index contributed by atoms with van der Waals surface area (Å²) < 4.78 is 0. The average molecular weight is 184 g/mol. The lowest BCUT2D eigenvalue weighted by Crippen LogP contribution is -1.97. The van der Waals surface area contributed by atoms with Gasteiger partial charge in [0, 0.05) is 12.4 Å². The van der Waals surface area contributed by atoms with Crippen LogP contribution < -0.4 is 0 Å². The van der Waals surface area contributed by atoms with Crippen LogP contribution in [-0.4, -0.2) is 4.98 Å². The van der Waals surface area contributed by atoms with Crippen molar-refractivity contribution in [1.29, 1.82) is 0 Å². The molecular weight excluding hydrogens is 170 g/mol. The maximum atomic E-state index is 4.04. The molecule has 0 N–H and O–H groups in total. The van der Waals surface area contributed by atoms with Gasteiger partial charge >= 0.3 is 0 Å². The standard InChI is InChI=1S/C13H14N/c1-2-13(11-5-3-4-6-11)12-7-9-14-10-8-12/h3-10,13H,2H2,1H3/q-1/t13-/m0/s1. The van der Waals surface area contributed by atoms with Crippen molar-refractivity contribution in [3.63, 3.8) is 0 Å². The van der Waals surface area contributed by atoms with E-state index in [1.54, 1.807) is 0 Å². The summed E-state index contributed by atoms with van der Waals surface area (Å²) in [7, 11) is 0. The molecule has 1 nitrogen and oxygen atoms in total. The topological polar surface area (TPSA) is 12.9 Å². The first kappa shape index (κ1) is 9.07. The Kier molecular flexibility index (Phi) is 2.68. The zero-order valence-electron chi connectivity index (χ0n) is 8.35. The molecule has 0 aliphatic carbocycles. The quantitative estimate of drug-likeness (QED) is 0.667. The van der Waals surface area contributed by atoms with E-state index >= 15 is 0 Å². The minimum absolute atomic E-state index is 0.521. The first-order valence-corrected chi connectivity index (χ1v) is 5.03. The summed E-state index contributed by atoms with van der Waals surface area (Å²) in [5, 5.41) is 0. The summed E-state index contributed by atoms with van der Waals surface area (Å²) in [5.74, 6) is 0.521. The predicted molar refractivity (Wildman–Crippen MR) is 58.4 cm³/mol. The molecule has 0 fully saturated rings. The first-order chi connectivity index (χ1) is 6.92. The number of nitrogens with zero attached hydrogens (tertiary/aromatic N) is 1. The normalized spacial score (nSPS) is 12.6. The Hall–Kier alpha value is -1.50. The number of aromatic nitrogens is 1. The monoisotopic (exact) mass is 184 g/mol. The van der Waals surface area contributed by atoms with Gasteiger partial charge in [0.15, 0.2) is 0 Å². The van der Waals surface area contributed by atoms with Crippen molar-refractivity contribution in [1.82, 2.24) is 4.98 Å². The van der Waals surface area contributed by atoms with Gasteiger partial charge < -0.3 is 0 Å². The fourth-order valence-corrected chi connectivity index (χ4v) is 1.88. The molecule has 1 atom stereocenters. The molecule has 0 saturated carbocycles. The SMILES string of the molecule is CC[C@H](c1ccncc1)c1ccc[cH-]1. The second kappa shape index (κ2) is 4.14. The van der Waals surface area contributed by atoms with Crippen LogP contribution in [0.5, 0.6) is 0 Å². The molecule has 72 valence electrons. The molecule has 0 bridgehead atoms. The molecule has 1 aromatic heterocycles. The Morgan fingerprint density at radius 3 is 2.64 bits per heavy atom. The van der Waals surface area contributed by atoms with Gasteiger partial charge in [-0.3, -0.25) is 4.98 Å². The van der Waals surface area contributed by atoms with Gasteiger partial charge in [0.1, 0.15) is 0 Å². The summed E-state index contributed by atoms with van der Waals surface area (Å²) in [6.07, 6.45) is 4.86. The molecule has 2 rings (SSSR count). The lowest BCUT2D eigenvalue weighted by atomic mass is 9.92. The number of hydrogen-bond acceptors (Lipinski definition) is 1. The van der Waals surface area contributed by atoms with Gasteiger partial charge in [-0.2, -0.15) is 17.7 Å². The lowest BCUT2D eigenvalue weighted by molar-refractivity contribution is 0.778. The predicted octanol–water partition coefficient (Wildman–Crippen LogP) is 3.34. The molecule has 1 heteroatoms. The molecule has 0 unspecified atom stereocenters. The Balaban J connectivity index is 2.31. The Bertz CT molecular complexity index is 361. The minimum atomic E-state index is 0.521. The molecule has 0 amide bonds. The molecule has 14 heavy (non-hydrogen) atoms. The van der Waals surface area contributed by atoms with Crippen LogP contribution in [0.3, 0.4) is 0 Å². The highest BCUT2D eigenvalue weighted by Gasteiger charge is 2.06. The summed E-state index contributed by atoms with van der Waals surface area (Å²) in [6, 6.07) is 12.8. The number of hydrogen-bond donors (Lipinski definition) is 0. The Morgan fingerprint density at radius 1 is 1.29 bits per heavy atom.